The first-order valence-electron chi connectivity index (χ1n) is 9.24. The van der Waals surface area contributed by atoms with E-state index < -0.39 is 4.92 Å². The Balaban J connectivity index is 1.53. The highest BCUT2D eigenvalue weighted by molar-refractivity contribution is 7.14. The molecule has 3 aromatic carbocycles. The van der Waals surface area contributed by atoms with Crippen LogP contribution < -0.4 is 5.43 Å². The average Bonchev–Trinajstić information content (AvgIpc) is 3.26. The quantitative estimate of drug-likeness (QED) is 0.145. The van der Waals surface area contributed by atoms with Crippen LogP contribution in [-0.4, -0.2) is 22.3 Å². The van der Waals surface area contributed by atoms with Gasteiger partial charge in [-0.15, -0.1) is 16.4 Å². The predicted octanol–water partition coefficient (Wildman–Crippen LogP) is 5.01. The Morgan fingerprint density at radius 2 is 1.90 bits per heavy atom. The number of hydrazone groups is 1. The lowest BCUT2D eigenvalue weighted by Crippen LogP contribution is -2.11. The molecule has 0 amide bonds. The van der Waals surface area contributed by atoms with Crippen molar-refractivity contribution in [3.05, 3.63) is 87.8 Å². The highest BCUT2D eigenvalue weighted by atomic mass is 32.1. The van der Waals surface area contributed by atoms with Crippen LogP contribution in [-0.2, 0) is 16.0 Å². The maximum atomic E-state index is 11.2. The number of nitrogens with zero attached hydrogens (tertiary/aromatic N) is 3. The zero-order valence-electron chi connectivity index (χ0n) is 16.1. The van der Waals surface area contributed by atoms with E-state index in [1.54, 1.807) is 18.2 Å². The van der Waals surface area contributed by atoms with Crippen LogP contribution in [0, 0.1) is 10.1 Å². The summed E-state index contributed by atoms with van der Waals surface area (Å²) in [4.78, 5) is 26.1. The van der Waals surface area contributed by atoms with Crippen molar-refractivity contribution in [1.29, 1.82) is 0 Å². The van der Waals surface area contributed by atoms with E-state index in [9.17, 15) is 14.9 Å². The highest BCUT2D eigenvalue weighted by Crippen LogP contribution is 2.28. The molecule has 0 unspecified atom stereocenters. The van der Waals surface area contributed by atoms with Crippen LogP contribution in [0.2, 0.25) is 0 Å². The van der Waals surface area contributed by atoms with Crippen LogP contribution in [0.25, 0.3) is 22.0 Å². The number of para-hydroxylation sites is 1. The molecule has 9 heteroatoms. The lowest BCUT2D eigenvalue weighted by molar-refractivity contribution is -0.385. The Labute approximate surface area is 181 Å². The van der Waals surface area contributed by atoms with Gasteiger partial charge in [-0.3, -0.25) is 14.9 Å². The van der Waals surface area contributed by atoms with Gasteiger partial charge in [0.05, 0.1) is 17.0 Å². The van der Waals surface area contributed by atoms with E-state index in [4.69, 9.17) is 4.74 Å². The fourth-order valence-electron chi connectivity index (χ4n) is 3.08. The molecule has 0 atom stereocenters. The number of carbonyl (C=O) groups is 1. The molecule has 0 aliphatic carbocycles. The lowest BCUT2D eigenvalue weighted by Gasteiger charge is -2.05. The molecule has 0 aliphatic heterocycles. The van der Waals surface area contributed by atoms with Crippen LogP contribution >= 0.6 is 11.3 Å². The van der Waals surface area contributed by atoms with Gasteiger partial charge in [0, 0.05) is 22.6 Å². The summed E-state index contributed by atoms with van der Waals surface area (Å²) in [6.07, 6.45) is -0.0220. The standard InChI is InChI=1S/C22H16N4O4S/c27-14-30-21(12-18-7-3-4-8-20(18)26(28)29)24-25-22-23-19(13-31-22)17-10-9-15-5-1-2-6-16(15)11-17/h1-11,13-14H,12H2,(H,23,25)/b24-21+. The van der Waals surface area contributed by atoms with Gasteiger partial charge in [-0.05, 0) is 16.8 Å². The third-order valence-corrected chi connectivity index (χ3v) is 5.29. The first-order chi connectivity index (χ1) is 15.1. The largest absolute Gasteiger partial charge is 0.412 e. The zero-order chi connectivity index (χ0) is 21.6. The summed E-state index contributed by atoms with van der Waals surface area (Å²) >= 11 is 1.34. The SMILES string of the molecule is O=CO/C(Cc1ccccc1[N+](=O)[O-])=N/Nc1nc(-c2ccc3ccccc3c2)cs1. The van der Waals surface area contributed by atoms with Gasteiger partial charge in [-0.25, -0.2) is 10.4 Å². The van der Waals surface area contributed by atoms with Gasteiger partial charge >= 0.3 is 0 Å². The molecule has 1 heterocycles. The molecule has 154 valence electrons. The van der Waals surface area contributed by atoms with Gasteiger partial charge in [-0.2, -0.15) is 0 Å². The van der Waals surface area contributed by atoms with Crippen LogP contribution in [0.3, 0.4) is 0 Å². The van der Waals surface area contributed by atoms with Gasteiger partial charge in [0.15, 0.2) is 0 Å². The molecule has 0 radical (unpaired) electrons. The van der Waals surface area contributed by atoms with Crippen LogP contribution in [0.15, 0.2) is 77.2 Å². The number of nitro groups is 1. The second kappa shape index (κ2) is 9.14. The maximum absolute atomic E-state index is 11.2. The minimum Gasteiger partial charge on any atom is -0.412 e. The summed E-state index contributed by atoms with van der Waals surface area (Å²) in [6, 6.07) is 20.4. The Morgan fingerprint density at radius 1 is 1.13 bits per heavy atom. The molecule has 1 N–H and O–H groups in total. The van der Waals surface area contributed by atoms with E-state index in [0.29, 0.717) is 10.7 Å². The number of carbonyl (C=O) groups excluding carboxylic acids is 1. The van der Waals surface area contributed by atoms with Gasteiger partial charge in [0.2, 0.25) is 11.0 Å². The third-order valence-electron chi connectivity index (χ3n) is 4.54. The minimum absolute atomic E-state index is 0.00763. The number of hydrogen-bond donors (Lipinski definition) is 1. The van der Waals surface area contributed by atoms with Crippen molar-refractivity contribution in [2.24, 2.45) is 5.10 Å². The van der Waals surface area contributed by atoms with E-state index >= 15 is 0 Å². The molecule has 0 fully saturated rings. The number of ether oxygens (including phenoxy) is 1. The Kier molecular flexibility index (Phi) is 5.95. The predicted molar refractivity (Wildman–Crippen MR) is 120 cm³/mol. The molecular weight excluding hydrogens is 416 g/mol. The Bertz CT molecular complexity index is 1290. The normalized spacial score (nSPS) is 11.3. The number of anilines is 1. The van der Waals surface area contributed by atoms with Gasteiger partial charge in [0.1, 0.15) is 0 Å². The fourth-order valence-corrected chi connectivity index (χ4v) is 3.74. The molecule has 0 spiro atoms. The Morgan fingerprint density at radius 3 is 2.71 bits per heavy atom. The van der Waals surface area contributed by atoms with E-state index in [1.807, 2.05) is 41.8 Å². The smallest absolute Gasteiger partial charge is 0.299 e. The number of hydrogen-bond acceptors (Lipinski definition) is 8. The van der Waals surface area contributed by atoms with Crippen LogP contribution in [0.4, 0.5) is 10.8 Å². The number of aromatic nitrogens is 1. The molecule has 8 nitrogen and oxygen atoms in total. The van der Waals surface area contributed by atoms with Crippen molar-refractivity contribution >= 4 is 45.3 Å². The summed E-state index contributed by atoms with van der Waals surface area (Å²) in [5.41, 5.74) is 4.83. The van der Waals surface area contributed by atoms with Crippen molar-refractivity contribution in [3.63, 3.8) is 0 Å². The minimum atomic E-state index is -0.488. The summed E-state index contributed by atoms with van der Waals surface area (Å²) in [5.74, 6) is -0.00763. The van der Waals surface area contributed by atoms with Crippen LogP contribution in [0.1, 0.15) is 5.56 Å². The molecule has 0 aliphatic rings. The zero-order valence-corrected chi connectivity index (χ0v) is 16.9. The lowest BCUT2D eigenvalue weighted by atomic mass is 10.1. The molecule has 4 rings (SSSR count). The van der Waals surface area contributed by atoms with Gasteiger partial charge < -0.3 is 4.74 Å². The summed E-state index contributed by atoms with van der Waals surface area (Å²) in [7, 11) is 0. The molecule has 0 saturated heterocycles. The molecular formula is C22H16N4O4S. The van der Waals surface area contributed by atoms with E-state index in [0.717, 1.165) is 22.0 Å². The number of fused-ring (bicyclic) bond motifs is 1. The summed E-state index contributed by atoms with van der Waals surface area (Å²) < 4.78 is 4.90. The molecule has 1 aromatic heterocycles. The number of thiazole rings is 1. The number of nitro benzene ring substituents is 1. The third kappa shape index (κ3) is 4.73. The molecule has 31 heavy (non-hydrogen) atoms. The van der Waals surface area contributed by atoms with E-state index in [1.165, 1.54) is 17.4 Å². The average molecular weight is 432 g/mol. The van der Waals surface area contributed by atoms with Crippen molar-refractivity contribution < 1.29 is 14.5 Å². The Hall–Kier alpha value is -4.11. The van der Waals surface area contributed by atoms with Gasteiger partial charge in [-0.1, -0.05) is 54.6 Å². The van der Waals surface area contributed by atoms with Crippen LogP contribution in [0.5, 0.6) is 0 Å². The fraction of sp³-hybridized carbons (Fsp3) is 0.0455. The summed E-state index contributed by atoms with van der Waals surface area (Å²) in [5, 5.41) is 19.9. The van der Waals surface area contributed by atoms with E-state index in [-0.39, 0.29) is 24.5 Å². The second-order valence-electron chi connectivity index (χ2n) is 6.49. The number of rotatable bonds is 7. The van der Waals surface area contributed by atoms with Crippen molar-refractivity contribution in [2.75, 3.05) is 5.43 Å². The van der Waals surface area contributed by atoms with Crippen molar-refractivity contribution in [2.45, 2.75) is 6.42 Å². The maximum Gasteiger partial charge on any atom is 0.299 e. The van der Waals surface area contributed by atoms with Gasteiger partial charge in [0.25, 0.3) is 12.2 Å². The highest BCUT2D eigenvalue weighted by Gasteiger charge is 2.16. The topological polar surface area (TPSA) is 107 Å². The second-order valence-corrected chi connectivity index (χ2v) is 7.35. The van der Waals surface area contributed by atoms with Crippen molar-refractivity contribution in [1.82, 2.24) is 4.98 Å². The van der Waals surface area contributed by atoms with E-state index in [2.05, 4.69) is 21.6 Å². The number of benzene rings is 3. The molecule has 0 bridgehead atoms. The summed E-state index contributed by atoms with van der Waals surface area (Å²) in [6.45, 7) is 0.234. The first kappa shape index (κ1) is 20.2. The monoisotopic (exact) mass is 432 g/mol. The number of nitrogens with one attached hydrogen (secondary N) is 1. The molecule has 4 aromatic rings. The molecule has 0 saturated carbocycles. The first-order valence-corrected chi connectivity index (χ1v) is 10.1. The van der Waals surface area contributed by atoms with Crippen molar-refractivity contribution in [3.8, 4) is 11.3 Å².